The van der Waals surface area contributed by atoms with Crippen molar-refractivity contribution >= 4 is 64.8 Å². The van der Waals surface area contributed by atoms with Crippen LogP contribution in [0, 0.1) is 11.8 Å². The van der Waals surface area contributed by atoms with E-state index in [2.05, 4.69) is 44.8 Å². The Morgan fingerprint density at radius 3 is 0.860 bits per heavy atom. The molecule has 0 heterocycles. The second-order valence-electron chi connectivity index (χ2n) is 14.8. The normalized spacial score (nSPS) is 11.0. The van der Waals surface area contributed by atoms with E-state index in [1.165, 1.54) is 251 Å². The van der Waals surface area contributed by atoms with Gasteiger partial charge in [-0.2, -0.15) is 0 Å². The monoisotopic (exact) mass is 940 g/mol. The molecule has 0 bridgehead atoms. The van der Waals surface area contributed by atoms with Gasteiger partial charge >= 0.3 is 200 Å². The Morgan fingerprint density at radius 2 is 0.660 bits per heavy atom. The Bertz CT molecular complexity index is 535. The molecule has 0 aliphatic carbocycles. The zero-order valence-corrected chi connectivity index (χ0v) is 41.1. The average molecular weight is 939 g/mol. The van der Waals surface area contributed by atoms with Gasteiger partial charge in [0.1, 0.15) is 0 Å². The molecule has 0 aromatic carbocycles. The van der Waals surface area contributed by atoms with E-state index in [4.69, 9.17) is 6.15 Å². The van der Waals surface area contributed by atoms with Gasteiger partial charge < -0.3 is 4.18 Å². The van der Waals surface area contributed by atoms with Gasteiger partial charge in [0.25, 0.3) is 0 Å². The van der Waals surface area contributed by atoms with Gasteiger partial charge in [-0.3, -0.25) is 4.79 Å². The molecule has 0 N–H and O–H groups in total. The zero-order valence-electron chi connectivity index (χ0n) is 34.5. The van der Waals surface area contributed by atoms with E-state index in [-0.39, 0.29) is 5.97 Å². The minimum atomic E-state index is -0.293. The standard InChI is InChI=1S/2C20H41O.C3H6O2S.2Sn/c2*1-3-5-16-20(17-6-4-2)18-14-12-10-8-7-9-11-13-15-19-21;1-2-3(4)5-6;;/h2*20H,3-19H2,1-2H3;6H,2H2,1H3;;/q2*-1;;2*+1. The van der Waals surface area contributed by atoms with Crippen LogP contribution in [0.2, 0.25) is 0 Å². The van der Waals surface area contributed by atoms with Crippen LogP contribution in [0.5, 0.6) is 0 Å². The number of thiol groups is 1. The molecule has 7 heteroatoms. The van der Waals surface area contributed by atoms with E-state index in [0.29, 0.717) is 6.42 Å². The Kier molecular flexibility index (Phi) is 58.4. The molecule has 0 amide bonds. The molecule has 0 atom stereocenters. The summed E-state index contributed by atoms with van der Waals surface area (Å²) in [5.74, 6) is 1.77. The SMILES string of the molecule is CCC(=O)OS.CCCCC(CCCC)CCCCCCCCCCC[O][Sn].CCCCC(CCCC)CCCCCCCCCCC[O][Sn]. The fraction of sp³-hybridized carbons (Fsp3) is 0.977. The van der Waals surface area contributed by atoms with Crippen LogP contribution >= 0.6 is 12.9 Å². The van der Waals surface area contributed by atoms with Crippen molar-refractivity contribution in [3.63, 3.8) is 0 Å². The van der Waals surface area contributed by atoms with Crippen LogP contribution in [0.4, 0.5) is 0 Å². The first-order valence-corrected chi connectivity index (χ1v) is 24.6. The molecule has 0 saturated heterocycles. The molecule has 6 radical (unpaired) electrons. The Morgan fingerprint density at radius 1 is 0.420 bits per heavy atom. The van der Waals surface area contributed by atoms with Gasteiger partial charge in [-0.1, -0.05) is 112 Å². The molecule has 0 rings (SSSR count). The summed E-state index contributed by atoms with van der Waals surface area (Å²) in [7, 11) is 0. The average Bonchev–Trinajstić information content (AvgIpc) is 3.14. The maximum atomic E-state index is 9.88. The van der Waals surface area contributed by atoms with Crippen LogP contribution in [0.15, 0.2) is 0 Å². The van der Waals surface area contributed by atoms with Gasteiger partial charge in [0.05, 0.1) is 0 Å². The predicted molar refractivity (Wildman–Crippen MR) is 226 cm³/mol. The van der Waals surface area contributed by atoms with Crippen molar-refractivity contribution < 1.29 is 15.1 Å². The summed E-state index contributed by atoms with van der Waals surface area (Å²) in [4.78, 5) is 9.88. The quantitative estimate of drug-likeness (QED) is 0.0292. The molecule has 0 spiro atoms. The van der Waals surface area contributed by atoms with Gasteiger partial charge in [0, 0.05) is 19.3 Å². The fourth-order valence-corrected chi connectivity index (χ4v) is 7.54. The molecule has 4 nitrogen and oxygen atoms in total. The van der Waals surface area contributed by atoms with E-state index in [0.717, 1.165) is 25.0 Å². The summed E-state index contributed by atoms with van der Waals surface area (Å²) in [6.07, 6.45) is 46.2. The van der Waals surface area contributed by atoms with Crippen molar-refractivity contribution in [3.05, 3.63) is 0 Å². The Balaban J connectivity index is -0.000000758. The molecule has 0 aromatic rings. The van der Waals surface area contributed by atoms with Gasteiger partial charge in [-0.25, -0.2) is 0 Å². The summed E-state index contributed by atoms with van der Waals surface area (Å²) in [5, 5.41) is 0. The summed E-state index contributed by atoms with van der Waals surface area (Å²) < 4.78 is 14.3. The summed E-state index contributed by atoms with van der Waals surface area (Å²) in [6.45, 7) is 13.0. The molecular formula is C43H88O4SSn2. The van der Waals surface area contributed by atoms with Crippen molar-refractivity contribution in [2.45, 2.75) is 247 Å². The van der Waals surface area contributed by atoms with E-state index >= 15 is 0 Å². The van der Waals surface area contributed by atoms with E-state index < -0.39 is 0 Å². The third-order valence-electron chi connectivity index (χ3n) is 9.97. The first-order valence-electron chi connectivity index (χ1n) is 21.9. The van der Waals surface area contributed by atoms with Crippen LogP contribution in [0.1, 0.15) is 247 Å². The third-order valence-corrected chi connectivity index (χ3v) is 11.3. The minimum absolute atomic E-state index is 0.293. The number of rotatable bonds is 37. The first-order chi connectivity index (χ1) is 24.5. The fourth-order valence-electron chi connectivity index (χ4n) is 6.59. The Labute approximate surface area is 348 Å². The molecular weight excluding hydrogens is 850 g/mol. The predicted octanol–water partition coefficient (Wildman–Crippen LogP) is 14.8. The molecule has 0 fully saturated rings. The topological polar surface area (TPSA) is 44.8 Å². The number of carbonyl (C=O) groups excluding carboxylic acids is 1. The first kappa shape index (κ1) is 55.7. The summed E-state index contributed by atoms with van der Waals surface area (Å²) >= 11 is 5.69. The number of carbonyl (C=O) groups is 1. The van der Waals surface area contributed by atoms with Crippen LogP contribution in [-0.4, -0.2) is 65.1 Å². The van der Waals surface area contributed by atoms with E-state index in [9.17, 15) is 4.79 Å². The Hall–Kier alpha value is 1.34. The number of unbranched alkanes of at least 4 members (excludes halogenated alkanes) is 20. The van der Waals surface area contributed by atoms with Gasteiger partial charge in [0.2, 0.25) is 0 Å². The van der Waals surface area contributed by atoms with Crippen LogP contribution in [-0.2, 0) is 15.1 Å². The van der Waals surface area contributed by atoms with Crippen molar-refractivity contribution in [2.24, 2.45) is 11.8 Å². The van der Waals surface area contributed by atoms with Crippen molar-refractivity contribution in [1.82, 2.24) is 0 Å². The third kappa shape index (κ3) is 51.4. The van der Waals surface area contributed by atoms with E-state index in [1.54, 1.807) is 6.92 Å². The summed E-state index contributed by atoms with van der Waals surface area (Å²) in [6, 6.07) is 0. The molecule has 50 heavy (non-hydrogen) atoms. The molecule has 0 saturated carbocycles. The molecule has 0 unspecified atom stereocenters. The second-order valence-corrected chi connectivity index (χ2v) is 16.6. The van der Waals surface area contributed by atoms with Crippen LogP contribution < -0.4 is 0 Å². The molecule has 298 valence electrons. The number of hydrogen-bond donors (Lipinski definition) is 1. The molecule has 0 aromatic heterocycles. The van der Waals surface area contributed by atoms with Crippen molar-refractivity contribution in [1.29, 1.82) is 0 Å². The van der Waals surface area contributed by atoms with E-state index in [1.807, 2.05) is 0 Å². The van der Waals surface area contributed by atoms with Gasteiger partial charge in [0.15, 0.2) is 0 Å². The van der Waals surface area contributed by atoms with Gasteiger partial charge in [-0.15, -0.1) is 0 Å². The van der Waals surface area contributed by atoms with Gasteiger partial charge in [-0.05, 0) is 11.8 Å². The van der Waals surface area contributed by atoms with Crippen LogP contribution in [0.25, 0.3) is 0 Å². The zero-order chi connectivity index (χ0) is 37.6. The molecule has 0 aliphatic heterocycles. The van der Waals surface area contributed by atoms with Crippen molar-refractivity contribution in [3.8, 4) is 0 Å². The summed E-state index contributed by atoms with van der Waals surface area (Å²) in [5.41, 5.74) is 0. The maximum absolute atomic E-state index is 9.88. The second kappa shape index (κ2) is 52.4. The van der Waals surface area contributed by atoms with Crippen LogP contribution in [0.3, 0.4) is 0 Å². The number of hydrogen-bond acceptors (Lipinski definition) is 5. The van der Waals surface area contributed by atoms with Crippen molar-refractivity contribution in [2.75, 3.05) is 13.2 Å². The molecule has 0 aliphatic rings.